The third-order valence-electron chi connectivity index (χ3n) is 10.8. The quantitative estimate of drug-likeness (QED) is 0.136. The average Bonchev–Trinajstić information content (AvgIpc) is 3.97. The number of ether oxygens (including phenoxy) is 1. The van der Waals surface area contributed by atoms with Gasteiger partial charge in [0.25, 0.3) is 0 Å². The zero-order valence-electron chi connectivity index (χ0n) is 29.7. The van der Waals surface area contributed by atoms with Gasteiger partial charge in [-0.3, -0.25) is 14.6 Å². The number of aromatic amines is 1. The summed E-state index contributed by atoms with van der Waals surface area (Å²) in [4.78, 5) is 20.5. The van der Waals surface area contributed by atoms with Crippen molar-refractivity contribution in [3.63, 3.8) is 0 Å². The molecule has 0 saturated carbocycles. The van der Waals surface area contributed by atoms with E-state index in [1.165, 1.54) is 6.07 Å². The number of hydrogen-bond acceptors (Lipinski definition) is 9. The molecule has 2 N–H and O–H groups in total. The Labute approximate surface area is 308 Å². The molecular weight excluding hydrogens is 699 g/mol. The number of hydrogen-bond donors (Lipinski definition) is 2. The van der Waals surface area contributed by atoms with E-state index in [4.69, 9.17) is 14.1 Å². The maximum Gasteiger partial charge on any atom is 0.387 e. The van der Waals surface area contributed by atoms with Crippen LogP contribution in [0.5, 0.6) is 5.75 Å². The summed E-state index contributed by atoms with van der Waals surface area (Å²) in [7, 11) is 0. The van der Waals surface area contributed by atoms with Crippen LogP contribution in [-0.4, -0.2) is 78.8 Å². The molecule has 0 aliphatic carbocycles. The number of alkyl halides is 2. The fourth-order valence-electron chi connectivity index (χ4n) is 7.98. The van der Waals surface area contributed by atoms with Gasteiger partial charge in [-0.15, -0.1) is 5.10 Å². The van der Waals surface area contributed by atoms with E-state index >= 15 is 4.39 Å². The number of nitrogens with zero attached hydrogens (tertiary/aromatic N) is 6. The van der Waals surface area contributed by atoms with Crippen molar-refractivity contribution < 1.29 is 32.2 Å². The lowest BCUT2D eigenvalue weighted by molar-refractivity contribution is -0.142. The van der Waals surface area contributed by atoms with Crippen LogP contribution in [0.2, 0.25) is 0 Å². The number of carboxylic acid groups (broad SMARTS) is 1. The van der Waals surface area contributed by atoms with Crippen molar-refractivity contribution in [2.75, 3.05) is 19.6 Å². The molecule has 0 radical (unpaired) electrons. The zero-order valence-corrected chi connectivity index (χ0v) is 29.7. The van der Waals surface area contributed by atoms with Crippen LogP contribution in [0.15, 0.2) is 71.1 Å². The minimum atomic E-state index is -3.07. The monoisotopic (exact) mass is 737 g/mol. The Morgan fingerprint density at radius 2 is 1.72 bits per heavy atom. The molecule has 14 heteroatoms. The van der Waals surface area contributed by atoms with Gasteiger partial charge in [0.2, 0.25) is 5.89 Å². The number of likely N-dealkylation sites (tertiary alicyclic amines) is 2. The van der Waals surface area contributed by atoms with Crippen LogP contribution in [-0.2, 0) is 17.9 Å². The number of carboxylic acids is 1. The van der Waals surface area contributed by atoms with Gasteiger partial charge in [0, 0.05) is 48.3 Å². The average molecular weight is 738 g/mol. The highest BCUT2D eigenvalue weighted by molar-refractivity contribution is 5.85. The molecule has 2 aliphatic rings. The summed E-state index contributed by atoms with van der Waals surface area (Å²) in [6.07, 6.45) is 2.09. The molecule has 0 bridgehead atoms. The molecule has 0 unspecified atom stereocenters. The predicted molar refractivity (Wildman–Crippen MR) is 194 cm³/mol. The lowest BCUT2D eigenvalue weighted by Gasteiger charge is -2.22. The van der Waals surface area contributed by atoms with Crippen molar-refractivity contribution in [3.05, 3.63) is 101 Å². The summed E-state index contributed by atoms with van der Waals surface area (Å²) < 4.78 is 53.6. The topological polar surface area (TPSA) is 134 Å². The second kappa shape index (κ2) is 14.7. The first-order valence-electron chi connectivity index (χ1n) is 17.9. The van der Waals surface area contributed by atoms with Crippen molar-refractivity contribution in [1.82, 2.24) is 35.4 Å². The molecule has 4 aromatic carbocycles. The Kier molecular flexibility index (Phi) is 9.63. The maximum absolute atomic E-state index is 15.6. The zero-order chi connectivity index (χ0) is 37.5. The Morgan fingerprint density at radius 1 is 0.963 bits per heavy atom. The van der Waals surface area contributed by atoms with Crippen LogP contribution in [0, 0.1) is 19.7 Å². The number of rotatable bonds is 11. The van der Waals surface area contributed by atoms with E-state index < -0.39 is 18.6 Å². The number of H-pyrrole nitrogens is 1. The van der Waals surface area contributed by atoms with Gasteiger partial charge in [0.1, 0.15) is 23.1 Å². The van der Waals surface area contributed by atoms with E-state index in [2.05, 4.69) is 25.5 Å². The number of benzene rings is 4. The normalized spacial score (nSPS) is 18.0. The van der Waals surface area contributed by atoms with Crippen molar-refractivity contribution in [1.29, 1.82) is 0 Å². The molecule has 2 fully saturated rings. The van der Waals surface area contributed by atoms with E-state index in [-0.39, 0.29) is 29.6 Å². The number of nitrogens with one attached hydrogen (secondary N) is 1. The van der Waals surface area contributed by atoms with E-state index in [0.29, 0.717) is 48.5 Å². The molecule has 6 aromatic rings. The highest BCUT2D eigenvalue weighted by Gasteiger charge is 2.32. The number of fused-ring (bicyclic) bond motifs is 1. The summed E-state index contributed by atoms with van der Waals surface area (Å²) in [5.41, 5.74) is 7.92. The summed E-state index contributed by atoms with van der Waals surface area (Å²) in [5.74, 6) is -0.0180. The lowest BCUT2D eigenvalue weighted by atomic mass is 9.89. The Balaban J connectivity index is 1.06. The second-order valence-electron chi connectivity index (χ2n) is 14.1. The Morgan fingerprint density at radius 3 is 2.44 bits per heavy atom. The summed E-state index contributed by atoms with van der Waals surface area (Å²) in [6.45, 7) is 3.65. The maximum atomic E-state index is 15.6. The molecule has 11 nitrogen and oxygen atoms in total. The number of aliphatic carboxylic acids is 1. The van der Waals surface area contributed by atoms with Crippen molar-refractivity contribution in [2.45, 2.75) is 64.8 Å². The van der Waals surface area contributed by atoms with Crippen LogP contribution in [0.1, 0.15) is 53.3 Å². The predicted octanol–water partition coefficient (Wildman–Crippen LogP) is 7.74. The van der Waals surface area contributed by atoms with E-state index in [9.17, 15) is 18.7 Å². The van der Waals surface area contributed by atoms with Gasteiger partial charge >= 0.3 is 12.6 Å². The second-order valence-corrected chi connectivity index (χ2v) is 14.1. The van der Waals surface area contributed by atoms with Gasteiger partial charge in [-0.1, -0.05) is 42.5 Å². The van der Waals surface area contributed by atoms with Crippen molar-refractivity contribution in [2.24, 2.45) is 0 Å². The first-order valence-corrected chi connectivity index (χ1v) is 17.9. The van der Waals surface area contributed by atoms with Gasteiger partial charge < -0.3 is 14.3 Å². The van der Waals surface area contributed by atoms with Crippen LogP contribution in [0.3, 0.4) is 0 Å². The molecule has 2 aliphatic heterocycles. The highest BCUT2D eigenvalue weighted by atomic mass is 19.3. The Hall–Kier alpha value is -5.60. The highest BCUT2D eigenvalue weighted by Crippen LogP contribution is 2.39. The van der Waals surface area contributed by atoms with Crippen LogP contribution in [0.4, 0.5) is 13.2 Å². The molecule has 278 valence electrons. The minimum absolute atomic E-state index is 0.0797. The molecular formula is C40H38F3N7O4. The third kappa shape index (κ3) is 6.94. The minimum Gasteiger partial charge on any atom is -0.480 e. The summed E-state index contributed by atoms with van der Waals surface area (Å²) in [6, 6.07) is 19.5. The van der Waals surface area contributed by atoms with Crippen LogP contribution >= 0.6 is 0 Å². The summed E-state index contributed by atoms with van der Waals surface area (Å²) >= 11 is 0. The number of halogens is 3. The van der Waals surface area contributed by atoms with Gasteiger partial charge in [-0.05, 0) is 108 Å². The molecule has 54 heavy (non-hydrogen) atoms. The first-order chi connectivity index (χ1) is 26.1. The van der Waals surface area contributed by atoms with E-state index in [0.717, 1.165) is 64.3 Å². The fourth-order valence-corrected chi connectivity index (χ4v) is 7.98. The summed E-state index contributed by atoms with van der Waals surface area (Å²) in [5, 5.41) is 23.9. The molecule has 2 aromatic heterocycles. The number of oxazole rings is 1. The van der Waals surface area contributed by atoms with Crippen LogP contribution < -0.4 is 4.74 Å². The number of carbonyl (C=O) groups is 1. The van der Waals surface area contributed by atoms with Crippen molar-refractivity contribution in [3.8, 4) is 39.5 Å². The first kappa shape index (κ1) is 35.4. The molecule has 2 saturated heterocycles. The molecule has 2 atom stereocenters. The van der Waals surface area contributed by atoms with Crippen LogP contribution in [0.25, 0.3) is 44.8 Å². The molecule has 8 rings (SSSR count). The molecule has 0 amide bonds. The molecule has 4 heterocycles. The van der Waals surface area contributed by atoms with Gasteiger partial charge in [0.05, 0.1) is 0 Å². The van der Waals surface area contributed by atoms with Gasteiger partial charge in [0.15, 0.2) is 11.4 Å². The van der Waals surface area contributed by atoms with E-state index in [1.807, 2.05) is 62.4 Å². The molecule has 0 spiro atoms. The number of tetrazole rings is 1. The SMILES string of the molecule is Cc1c(-c2ccc(CN3CC[C@@H](c4nnn[nH]4)C3)c(F)c2)cccc1-c1cccc(-c2nc3cc(CN4CCC[C@H]4C(=O)O)c(OC(F)F)cc3o2)c1C. The van der Waals surface area contributed by atoms with Gasteiger partial charge in [-0.2, -0.15) is 8.78 Å². The number of aromatic nitrogens is 5. The van der Waals surface area contributed by atoms with E-state index in [1.54, 1.807) is 17.0 Å². The Bertz CT molecular complexity index is 2330. The largest absolute Gasteiger partial charge is 0.480 e. The third-order valence-corrected chi connectivity index (χ3v) is 10.8. The fraction of sp³-hybridized carbons (Fsp3) is 0.325. The standard InChI is InChI=1S/C40H38F3N7O4/c1-22-28(24-11-12-25(32(41)16-24)19-49-15-13-26(20-49)37-45-47-48-46-37)6-3-7-29(22)30-8-4-9-31(23(30)2)38-44-33-17-27(21-50-14-5-10-34(50)39(51)52)35(54-40(42)43)18-36(33)53-38/h3-4,6-9,11-12,16-18,26,34,40H,5,10,13-15,19-21H2,1-2H3,(H,51,52)(H,45,46,47,48)/t26-,34+/m1/s1. The van der Waals surface area contributed by atoms with Gasteiger partial charge in [-0.25, -0.2) is 14.5 Å². The van der Waals surface area contributed by atoms with Crippen molar-refractivity contribution >= 4 is 17.1 Å². The smallest absolute Gasteiger partial charge is 0.387 e. The lowest BCUT2D eigenvalue weighted by Crippen LogP contribution is -2.35.